The smallest absolute Gasteiger partial charge is 0.120 e. The molecule has 1 aliphatic rings. The van der Waals surface area contributed by atoms with Gasteiger partial charge in [-0.2, -0.15) is 5.26 Å². The molecule has 1 unspecified atom stereocenters. The van der Waals surface area contributed by atoms with Crippen LogP contribution in [0.15, 0.2) is 60.7 Å². The molecule has 0 amide bonds. The number of likely N-dealkylation sites (N-methyl/N-ethyl adjacent to an activating group) is 1. The molecule has 160 valence electrons. The highest BCUT2D eigenvalue weighted by Crippen LogP contribution is 2.27. The zero-order chi connectivity index (χ0) is 21.6. The van der Waals surface area contributed by atoms with Gasteiger partial charge >= 0.3 is 0 Å². The fraction of sp³-hybridized carbons (Fsp3) is 0.346. The van der Waals surface area contributed by atoms with Crippen molar-refractivity contribution in [3.05, 3.63) is 66.2 Å². The minimum absolute atomic E-state index is 0.297. The number of ether oxygens (including phenoxy) is 1. The summed E-state index contributed by atoms with van der Waals surface area (Å²) in [5.74, 6) is 0.776. The number of benzene rings is 3. The lowest BCUT2D eigenvalue weighted by atomic mass is 10.00. The summed E-state index contributed by atoms with van der Waals surface area (Å²) in [5.41, 5.74) is 3.31. The second-order valence-corrected chi connectivity index (χ2v) is 8.32. The van der Waals surface area contributed by atoms with Crippen molar-refractivity contribution < 1.29 is 9.84 Å². The Bertz CT molecular complexity index is 1050. The van der Waals surface area contributed by atoms with Crippen LogP contribution in [0.3, 0.4) is 0 Å². The van der Waals surface area contributed by atoms with Crippen molar-refractivity contribution in [2.75, 3.05) is 46.4 Å². The van der Waals surface area contributed by atoms with Crippen molar-refractivity contribution in [2.45, 2.75) is 12.5 Å². The Balaban J connectivity index is 1.37. The van der Waals surface area contributed by atoms with Gasteiger partial charge in [0.05, 0.1) is 12.5 Å². The third kappa shape index (κ3) is 5.62. The van der Waals surface area contributed by atoms with E-state index >= 15 is 0 Å². The van der Waals surface area contributed by atoms with Crippen molar-refractivity contribution in [1.29, 1.82) is 5.26 Å². The van der Waals surface area contributed by atoms with Gasteiger partial charge in [-0.25, -0.2) is 0 Å². The van der Waals surface area contributed by atoms with E-state index in [0.717, 1.165) is 59.4 Å². The Hall–Kier alpha value is -2.91. The molecule has 3 aromatic carbocycles. The van der Waals surface area contributed by atoms with E-state index in [1.807, 2.05) is 24.3 Å². The lowest BCUT2D eigenvalue weighted by Crippen LogP contribution is -2.47. The molecule has 0 aromatic heterocycles. The SMILES string of the molecule is CN1CCN(CC(O)COc2ccc3cc(-c4ccc(CC#N)cc4)ccc3c2)CC1. The molecule has 4 rings (SSSR count). The molecule has 0 saturated carbocycles. The van der Waals surface area contributed by atoms with E-state index in [4.69, 9.17) is 10.00 Å². The average molecular weight is 416 g/mol. The van der Waals surface area contributed by atoms with Gasteiger partial charge in [0.2, 0.25) is 0 Å². The predicted molar refractivity (Wildman–Crippen MR) is 124 cm³/mol. The number of fused-ring (bicyclic) bond motifs is 1. The van der Waals surface area contributed by atoms with Crippen LogP contribution in [0.4, 0.5) is 0 Å². The highest BCUT2D eigenvalue weighted by Gasteiger charge is 2.17. The third-order valence-electron chi connectivity index (χ3n) is 5.89. The number of aliphatic hydroxyl groups excluding tert-OH is 1. The molecule has 5 heteroatoms. The van der Waals surface area contributed by atoms with Crippen molar-refractivity contribution in [1.82, 2.24) is 9.80 Å². The molecule has 5 nitrogen and oxygen atoms in total. The van der Waals surface area contributed by atoms with Gasteiger partial charge in [-0.05, 0) is 52.7 Å². The van der Waals surface area contributed by atoms with Crippen LogP contribution in [0.5, 0.6) is 5.75 Å². The van der Waals surface area contributed by atoms with Crippen LogP contribution in [-0.2, 0) is 6.42 Å². The van der Waals surface area contributed by atoms with Gasteiger partial charge in [-0.3, -0.25) is 4.90 Å². The van der Waals surface area contributed by atoms with Crippen LogP contribution in [0, 0.1) is 11.3 Å². The van der Waals surface area contributed by atoms with E-state index in [0.29, 0.717) is 19.6 Å². The zero-order valence-corrected chi connectivity index (χ0v) is 18.0. The maximum absolute atomic E-state index is 10.4. The lowest BCUT2D eigenvalue weighted by molar-refractivity contribution is 0.0505. The van der Waals surface area contributed by atoms with Crippen LogP contribution in [0.2, 0.25) is 0 Å². The molecule has 1 aliphatic heterocycles. The van der Waals surface area contributed by atoms with Crippen molar-refractivity contribution in [2.24, 2.45) is 0 Å². The standard InChI is InChI=1S/C26H29N3O2/c1-28-12-14-29(15-13-28)18-25(30)19-31-26-9-8-23-16-22(6-7-24(23)17-26)21-4-2-20(3-5-21)10-11-27/h2-9,16-17,25,30H,10,12-15,18-19H2,1H3. The van der Waals surface area contributed by atoms with Gasteiger partial charge in [-0.1, -0.05) is 42.5 Å². The highest BCUT2D eigenvalue weighted by atomic mass is 16.5. The normalized spacial score (nSPS) is 16.2. The van der Waals surface area contributed by atoms with E-state index in [1.165, 1.54) is 0 Å². The number of rotatable bonds is 7. The molecule has 0 bridgehead atoms. The quantitative estimate of drug-likeness (QED) is 0.639. The van der Waals surface area contributed by atoms with Gasteiger partial charge in [-0.15, -0.1) is 0 Å². The summed E-state index contributed by atoms with van der Waals surface area (Å²) in [6.07, 6.45) is -0.0596. The molecular formula is C26H29N3O2. The molecule has 3 aromatic rings. The molecule has 1 atom stereocenters. The Morgan fingerprint density at radius 3 is 2.35 bits per heavy atom. The summed E-state index contributed by atoms with van der Waals surface area (Å²) in [4.78, 5) is 4.60. The number of piperazine rings is 1. The minimum atomic E-state index is -0.495. The largest absolute Gasteiger partial charge is 0.491 e. The zero-order valence-electron chi connectivity index (χ0n) is 18.0. The van der Waals surface area contributed by atoms with Crippen molar-refractivity contribution in [3.63, 3.8) is 0 Å². The molecule has 1 N–H and O–H groups in total. The fourth-order valence-electron chi connectivity index (χ4n) is 3.97. The molecule has 0 aliphatic carbocycles. The number of aliphatic hydroxyl groups is 1. The summed E-state index contributed by atoms with van der Waals surface area (Å²) in [6, 6.07) is 22.7. The van der Waals surface area contributed by atoms with Crippen LogP contribution in [0.1, 0.15) is 5.56 Å². The maximum Gasteiger partial charge on any atom is 0.120 e. The summed E-state index contributed by atoms with van der Waals surface area (Å²) < 4.78 is 5.88. The Morgan fingerprint density at radius 2 is 1.61 bits per heavy atom. The number of nitrogens with zero attached hydrogens (tertiary/aromatic N) is 3. The van der Waals surface area contributed by atoms with Crippen LogP contribution >= 0.6 is 0 Å². The van der Waals surface area contributed by atoms with E-state index < -0.39 is 6.10 Å². The number of nitriles is 1. The molecule has 1 saturated heterocycles. The van der Waals surface area contributed by atoms with Gasteiger partial charge in [0.1, 0.15) is 18.5 Å². The summed E-state index contributed by atoms with van der Waals surface area (Å²) >= 11 is 0. The molecule has 0 spiro atoms. The fourth-order valence-corrected chi connectivity index (χ4v) is 3.97. The number of hydrogen-bond donors (Lipinski definition) is 1. The first kappa shape index (κ1) is 21.3. The van der Waals surface area contributed by atoms with Crippen molar-refractivity contribution in [3.8, 4) is 22.9 Å². The maximum atomic E-state index is 10.4. The predicted octanol–water partition coefficient (Wildman–Crippen LogP) is 3.56. The molecule has 1 fully saturated rings. The first-order valence-corrected chi connectivity index (χ1v) is 10.8. The van der Waals surface area contributed by atoms with Gasteiger partial charge in [0.15, 0.2) is 0 Å². The monoisotopic (exact) mass is 415 g/mol. The number of β-amino-alcohol motifs (C(OH)–C–C–N with tert-alkyl or cyclic N) is 1. The highest BCUT2D eigenvalue weighted by molar-refractivity contribution is 5.88. The molecule has 1 heterocycles. The molecule has 0 radical (unpaired) electrons. The van der Waals surface area contributed by atoms with Gasteiger partial charge in [0, 0.05) is 32.7 Å². The van der Waals surface area contributed by atoms with Crippen LogP contribution < -0.4 is 4.74 Å². The Morgan fingerprint density at radius 1 is 0.935 bits per heavy atom. The second kappa shape index (κ2) is 9.93. The second-order valence-electron chi connectivity index (χ2n) is 8.32. The number of hydrogen-bond acceptors (Lipinski definition) is 5. The topological polar surface area (TPSA) is 59.7 Å². The van der Waals surface area contributed by atoms with Crippen LogP contribution in [-0.4, -0.2) is 67.4 Å². The van der Waals surface area contributed by atoms with E-state index in [-0.39, 0.29) is 0 Å². The molecule has 31 heavy (non-hydrogen) atoms. The Kier molecular flexibility index (Phi) is 6.83. The van der Waals surface area contributed by atoms with E-state index in [2.05, 4.69) is 59.3 Å². The first-order chi connectivity index (χ1) is 15.1. The Labute approximate surface area is 184 Å². The first-order valence-electron chi connectivity index (χ1n) is 10.8. The third-order valence-corrected chi connectivity index (χ3v) is 5.89. The van der Waals surface area contributed by atoms with Gasteiger partial charge in [0.25, 0.3) is 0 Å². The summed E-state index contributed by atoms with van der Waals surface area (Å²) in [7, 11) is 2.13. The molecular weight excluding hydrogens is 386 g/mol. The lowest BCUT2D eigenvalue weighted by Gasteiger charge is -2.33. The summed E-state index contributed by atoms with van der Waals surface area (Å²) in [6.45, 7) is 5.03. The van der Waals surface area contributed by atoms with Crippen molar-refractivity contribution >= 4 is 10.8 Å². The average Bonchev–Trinajstić information content (AvgIpc) is 2.79. The minimum Gasteiger partial charge on any atom is -0.491 e. The summed E-state index contributed by atoms with van der Waals surface area (Å²) in [5, 5.41) is 21.4. The van der Waals surface area contributed by atoms with E-state index in [9.17, 15) is 5.11 Å². The van der Waals surface area contributed by atoms with E-state index in [1.54, 1.807) is 0 Å². The van der Waals surface area contributed by atoms with Crippen LogP contribution in [0.25, 0.3) is 21.9 Å². The van der Waals surface area contributed by atoms with Gasteiger partial charge < -0.3 is 14.7 Å².